The summed E-state index contributed by atoms with van der Waals surface area (Å²) in [5.41, 5.74) is 0. The Bertz CT molecular complexity index is 389. The molecular weight excluding hydrogens is 296 g/mol. The van der Waals surface area contributed by atoms with Crippen LogP contribution in [0.5, 0.6) is 0 Å². The van der Waals surface area contributed by atoms with Gasteiger partial charge in [-0.25, -0.2) is 0 Å². The van der Waals surface area contributed by atoms with Crippen molar-refractivity contribution in [2.45, 2.75) is 26.7 Å². The molecule has 8 heteroatoms. The minimum Gasteiger partial charge on any atom is -0.366 e. The predicted octanol–water partition coefficient (Wildman–Crippen LogP) is 1.61. The summed E-state index contributed by atoms with van der Waals surface area (Å²) < 4.78 is 44.0. The van der Waals surface area contributed by atoms with Gasteiger partial charge < -0.3 is 8.37 Å². The van der Waals surface area contributed by atoms with Gasteiger partial charge in [-0.05, 0) is 12.8 Å². The van der Waals surface area contributed by atoms with Gasteiger partial charge in [0.25, 0.3) is 0 Å². The predicted molar refractivity (Wildman–Crippen MR) is 73.1 cm³/mol. The summed E-state index contributed by atoms with van der Waals surface area (Å²) >= 11 is -1.93. The van der Waals surface area contributed by atoms with E-state index in [4.69, 9.17) is 8.37 Å². The molecule has 0 aromatic carbocycles. The zero-order chi connectivity index (χ0) is 13.5. The maximum Gasteiger partial charge on any atom is 0.418 e. The Labute approximate surface area is 114 Å². The Morgan fingerprint density at radius 3 is 1.72 bits per heavy atom. The topological polar surface area (TPSA) is 69.7 Å². The first-order chi connectivity index (χ1) is 8.56. The molecule has 0 aromatic heterocycles. The Hall–Kier alpha value is -0.470. The van der Waals surface area contributed by atoms with Crippen LogP contribution in [0.25, 0.3) is 0 Å². The second kappa shape index (κ2) is 7.85. The van der Waals surface area contributed by atoms with Crippen molar-refractivity contribution in [1.29, 1.82) is 0 Å². The molecular formula is C10H16O5S3. The zero-order valence-electron chi connectivity index (χ0n) is 10.2. The van der Waals surface area contributed by atoms with Gasteiger partial charge in [0.15, 0.2) is 11.5 Å². The monoisotopic (exact) mass is 312 g/mol. The van der Waals surface area contributed by atoms with Gasteiger partial charge in [-0.1, -0.05) is 13.8 Å². The fourth-order valence-corrected chi connectivity index (χ4v) is 3.72. The molecule has 5 nitrogen and oxygen atoms in total. The quantitative estimate of drug-likeness (QED) is 0.745. The average Bonchev–Trinajstić information content (AvgIpc) is 2.59. The van der Waals surface area contributed by atoms with Gasteiger partial charge in [0.05, 0.1) is 10.8 Å². The molecule has 0 saturated carbocycles. The summed E-state index contributed by atoms with van der Waals surface area (Å²) in [5.74, 6) is 1.27. The molecule has 0 spiro atoms. The third-order valence-electron chi connectivity index (χ3n) is 1.85. The summed E-state index contributed by atoms with van der Waals surface area (Å²) in [4.78, 5) is 0. The number of rotatable bonds is 6. The van der Waals surface area contributed by atoms with E-state index in [0.29, 0.717) is 11.5 Å². The molecule has 104 valence electrons. The molecule has 1 saturated heterocycles. The van der Waals surface area contributed by atoms with E-state index in [1.807, 2.05) is 13.8 Å². The lowest BCUT2D eigenvalue weighted by atomic mass is 10.5. The Kier molecular flexibility index (Phi) is 6.80. The average molecular weight is 312 g/mol. The van der Waals surface area contributed by atoms with Crippen LogP contribution in [-0.2, 0) is 41.3 Å². The maximum absolute atomic E-state index is 11.6. The van der Waals surface area contributed by atoms with Crippen LogP contribution >= 0.6 is 0 Å². The molecule has 1 fully saturated rings. The SMILES string of the molecule is CCCS(=O)C=C1OS(=O)OC1=CS(=O)CCC. The van der Waals surface area contributed by atoms with E-state index >= 15 is 0 Å². The molecule has 2 unspecified atom stereocenters. The number of hydrogen-bond donors (Lipinski definition) is 0. The standard InChI is InChI=1S/C10H16O5S3/c1-3-5-16(11)7-9-10(15-18(13)14-9)8-17(12)6-4-2/h7-8H,3-6H2,1-2H3. The highest BCUT2D eigenvalue weighted by atomic mass is 32.2. The summed E-state index contributed by atoms with van der Waals surface area (Å²) in [5, 5.41) is 2.70. The first-order valence-corrected chi connectivity index (χ1v) is 9.30. The molecule has 0 aromatic rings. The van der Waals surface area contributed by atoms with Crippen LogP contribution in [0.4, 0.5) is 0 Å². The lowest BCUT2D eigenvalue weighted by Crippen LogP contribution is -1.96. The molecule has 1 aliphatic rings. The van der Waals surface area contributed by atoms with Crippen molar-refractivity contribution in [3.05, 3.63) is 22.3 Å². The summed E-state index contributed by atoms with van der Waals surface area (Å²) in [7, 11) is -2.41. The van der Waals surface area contributed by atoms with E-state index in [1.54, 1.807) is 0 Å². The third kappa shape index (κ3) is 5.03. The summed E-state index contributed by atoms with van der Waals surface area (Å²) in [6.45, 7) is 3.82. The van der Waals surface area contributed by atoms with Crippen molar-refractivity contribution in [1.82, 2.24) is 0 Å². The molecule has 18 heavy (non-hydrogen) atoms. The molecule has 1 heterocycles. The first-order valence-electron chi connectivity index (χ1n) is 5.53. The van der Waals surface area contributed by atoms with Crippen molar-refractivity contribution >= 4 is 33.0 Å². The minimum atomic E-state index is -1.93. The Morgan fingerprint density at radius 2 is 1.39 bits per heavy atom. The largest absolute Gasteiger partial charge is 0.418 e. The van der Waals surface area contributed by atoms with Crippen molar-refractivity contribution in [2.24, 2.45) is 0 Å². The van der Waals surface area contributed by atoms with Gasteiger partial charge in [-0.15, -0.1) is 0 Å². The van der Waals surface area contributed by atoms with Crippen LogP contribution in [0.15, 0.2) is 22.3 Å². The van der Waals surface area contributed by atoms with Gasteiger partial charge in [0, 0.05) is 33.1 Å². The van der Waals surface area contributed by atoms with Gasteiger partial charge >= 0.3 is 11.4 Å². The zero-order valence-corrected chi connectivity index (χ0v) is 12.7. The minimum absolute atomic E-state index is 0.143. The second-order valence-electron chi connectivity index (χ2n) is 3.50. The van der Waals surface area contributed by atoms with Gasteiger partial charge in [0.1, 0.15) is 0 Å². The normalized spacial score (nSPS) is 26.9. The second-order valence-corrected chi connectivity index (χ2v) is 7.06. The van der Waals surface area contributed by atoms with Gasteiger partial charge in [-0.3, -0.25) is 8.42 Å². The van der Waals surface area contributed by atoms with Crippen LogP contribution in [0.1, 0.15) is 26.7 Å². The molecule has 1 aliphatic heterocycles. The van der Waals surface area contributed by atoms with Crippen LogP contribution in [0.3, 0.4) is 0 Å². The fourth-order valence-electron chi connectivity index (χ4n) is 1.16. The van der Waals surface area contributed by atoms with Crippen LogP contribution in [-0.4, -0.2) is 24.1 Å². The fraction of sp³-hybridized carbons (Fsp3) is 0.600. The Balaban J connectivity index is 2.85. The van der Waals surface area contributed by atoms with E-state index in [-0.39, 0.29) is 11.5 Å². The van der Waals surface area contributed by atoms with Crippen molar-refractivity contribution in [2.75, 3.05) is 11.5 Å². The third-order valence-corrected chi connectivity index (χ3v) is 5.05. The number of hydrogen-bond acceptors (Lipinski definition) is 5. The highest BCUT2D eigenvalue weighted by Crippen LogP contribution is 2.26. The molecule has 2 atom stereocenters. The Morgan fingerprint density at radius 1 is 1.00 bits per heavy atom. The summed E-state index contributed by atoms with van der Waals surface area (Å²) in [6.07, 6.45) is 1.53. The van der Waals surface area contributed by atoms with Gasteiger partial charge in [0.2, 0.25) is 0 Å². The van der Waals surface area contributed by atoms with Crippen LogP contribution < -0.4 is 0 Å². The highest BCUT2D eigenvalue weighted by Gasteiger charge is 2.26. The van der Waals surface area contributed by atoms with E-state index < -0.39 is 33.0 Å². The first kappa shape index (κ1) is 15.6. The molecule has 1 rings (SSSR count). The van der Waals surface area contributed by atoms with E-state index in [0.717, 1.165) is 12.8 Å². The van der Waals surface area contributed by atoms with Crippen molar-refractivity contribution < 1.29 is 21.0 Å². The molecule has 0 radical (unpaired) electrons. The maximum atomic E-state index is 11.6. The van der Waals surface area contributed by atoms with Crippen molar-refractivity contribution in [3.8, 4) is 0 Å². The van der Waals surface area contributed by atoms with E-state index in [1.165, 1.54) is 10.8 Å². The molecule has 0 bridgehead atoms. The van der Waals surface area contributed by atoms with E-state index in [2.05, 4.69) is 0 Å². The molecule has 0 N–H and O–H groups in total. The summed E-state index contributed by atoms with van der Waals surface area (Å²) in [6, 6.07) is 0. The lowest BCUT2D eigenvalue weighted by Gasteiger charge is -1.96. The van der Waals surface area contributed by atoms with Crippen LogP contribution in [0.2, 0.25) is 0 Å². The van der Waals surface area contributed by atoms with Crippen LogP contribution in [0, 0.1) is 0 Å². The van der Waals surface area contributed by atoms with E-state index in [9.17, 15) is 12.6 Å². The lowest BCUT2D eigenvalue weighted by molar-refractivity contribution is 0.456. The van der Waals surface area contributed by atoms with Gasteiger partial charge in [-0.2, -0.15) is 4.21 Å². The smallest absolute Gasteiger partial charge is 0.366 e. The van der Waals surface area contributed by atoms with Crippen molar-refractivity contribution in [3.63, 3.8) is 0 Å². The molecule has 0 amide bonds. The highest BCUT2D eigenvalue weighted by molar-refractivity contribution is 7.88. The molecule has 0 aliphatic carbocycles.